The molecule has 1 atom stereocenters. The predicted octanol–water partition coefficient (Wildman–Crippen LogP) is 6.12. The van der Waals surface area contributed by atoms with Gasteiger partial charge in [-0.15, -0.1) is 0 Å². The van der Waals surface area contributed by atoms with E-state index >= 15 is 0 Å². The monoisotopic (exact) mass is 312 g/mol. The number of allylic oxidation sites excluding steroid dienone is 2. The summed E-state index contributed by atoms with van der Waals surface area (Å²) in [6.07, 6.45) is 11.3. The van der Waals surface area contributed by atoms with Gasteiger partial charge in [0.15, 0.2) is 0 Å². The first kappa shape index (κ1) is 17.8. The van der Waals surface area contributed by atoms with Gasteiger partial charge < -0.3 is 0 Å². The van der Waals surface area contributed by atoms with Gasteiger partial charge in [-0.05, 0) is 37.8 Å². The van der Waals surface area contributed by atoms with E-state index in [1.54, 1.807) is 0 Å². The number of rotatable bonds is 10. The van der Waals surface area contributed by atoms with E-state index in [0.717, 1.165) is 13.0 Å². The van der Waals surface area contributed by atoms with Crippen molar-refractivity contribution in [1.82, 2.24) is 5.01 Å². The second-order valence-corrected chi connectivity index (χ2v) is 6.58. The molecule has 23 heavy (non-hydrogen) atoms. The maximum absolute atomic E-state index is 4.93. The molecule has 0 radical (unpaired) electrons. The molecule has 0 aliphatic carbocycles. The van der Waals surface area contributed by atoms with Crippen LogP contribution in [0.1, 0.15) is 77.3 Å². The minimum Gasteiger partial charge on any atom is -0.285 e. The van der Waals surface area contributed by atoms with Crippen molar-refractivity contribution in [3.63, 3.8) is 0 Å². The maximum Gasteiger partial charge on any atom is 0.0913 e. The fourth-order valence-corrected chi connectivity index (χ4v) is 2.91. The molecule has 1 fully saturated rings. The summed E-state index contributed by atoms with van der Waals surface area (Å²) in [5, 5.41) is 7.16. The largest absolute Gasteiger partial charge is 0.285 e. The summed E-state index contributed by atoms with van der Waals surface area (Å²) in [5.74, 6) is 0. The number of nitrogens with zero attached hydrogens (tertiary/aromatic N) is 2. The van der Waals surface area contributed by atoms with Crippen molar-refractivity contribution in [2.24, 2.45) is 5.10 Å². The molecule has 1 saturated heterocycles. The number of hydrogen-bond acceptors (Lipinski definition) is 2. The highest BCUT2D eigenvalue weighted by molar-refractivity contribution is 5.99. The number of hydrazone groups is 1. The van der Waals surface area contributed by atoms with Crippen LogP contribution >= 0.6 is 0 Å². The molecule has 0 saturated carbocycles. The second kappa shape index (κ2) is 9.54. The van der Waals surface area contributed by atoms with Gasteiger partial charge in [-0.3, -0.25) is 5.01 Å². The van der Waals surface area contributed by atoms with Crippen LogP contribution in [-0.2, 0) is 0 Å². The summed E-state index contributed by atoms with van der Waals surface area (Å²) in [4.78, 5) is 0. The lowest BCUT2D eigenvalue weighted by molar-refractivity contribution is 0.547. The van der Waals surface area contributed by atoms with Crippen LogP contribution in [0.2, 0.25) is 0 Å². The molecule has 126 valence electrons. The van der Waals surface area contributed by atoms with Crippen LogP contribution in [-0.4, -0.2) is 17.3 Å². The van der Waals surface area contributed by atoms with E-state index in [-0.39, 0.29) is 0 Å². The van der Waals surface area contributed by atoms with Gasteiger partial charge in [0.2, 0.25) is 0 Å². The fourth-order valence-electron chi connectivity index (χ4n) is 2.91. The lowest BCUT2D eigenvalue weighted by Gasteiger charge is -2.08. The van der Waals surface area contributed by atoms with E-state index < -0.39 is 0 Å². The van der Waals surface area contributed by atoms with Gasteiger partial charge in [-0.1, -0.05) is 75.4 Å². The lowest BCUT2D eigenvalue weighted by Crippen LogP contribution is -2.04. The SMILES string of the molecule is C/C=C(C)/C(CCCCCCCC)=N\N1CC1c1ccccc1. The Morgan fingerprint density at radius 2 is 1.83 bits per heavy atom. The summed E-state index contributed by atoms with van der Waals surface area (Å²) >= 11 is 0. The highest BCUT2D eigenvalue weighted by Crippen LogP contribution is 2.35. The Hall–Kier alpha value is -1.57. The zero-order valence-corrected chi connectivity index (χ0v) is 15.1. The van der Waals surface area contributed by atoms with Gasteiger partial charge in [0, 0.05) is 0 Å². The molecule has 0 aromatic heterocycles. The maximum atomic E-state index is 4.93. The highest BCUT2D eigenvalue weighted by Gasteiger charge is 2.34. The molecule has 1 heterocycles. The van der Waals surface area contributed by atoms with Crippen molar-refractivity contribution in [2.45, 2.75) is 71.8 Å². The molecular formula is C21H32N2. The van der Waals surface area contributed by atoms with Crippen LogP contribution in [0.4, 0.5) is 0 Å². The molecule has 0 N–H and O–H groups in total. The minimum absolute atomic E-state index is 0.486. The van der Waals surface area contributed by atoms with Gasteiger partial charge in [0.1, 0.15) is 0 Å². The van der Waals surface area contributed by atoms with Crippen LogP contribution < -0.4 is 0 Å². The molecule has 1 unspecified atom stereocenters. The Kier molecular flexibility index (Phi) is 7.38. The van der Waals surface area contributed by atoms with Gasteiger partial charge in [-0.25, -0.2) is 0 Å². The first-order valence-electron chi connectivity index (χ1n) is 9.28. The Bertz CT molecular complexity index is 516. The fraction of sp³-hybridized carbons (Fsp3) is 0.571. The zero-order chi connectivity index (χ0) is 16.5. The first-order chi connectivity index (χ1) is 11.3. The van der Waals surface area contributed by atoms with E-state index in [2.05, 4.69) is 62.2 Å². The number of hydrogen-bond donors (Lipinski definition) is 0. The predicted molar refractivity (Wildman–Crippen MR) is 101 cm³/mol. The Morgan fingerprint density at radius 1 is 1.13 bits per heavy atom. The number of unbranched alkanes of at least 4 members (excludes halogenated alkanes) is 5. The number of benzene rings is 1. The van der Waals surface area contributed by atoms with Gasteiger partial charge >= 0.3 is 0 Å². The molecular weight excluding hydrogens is 280 g/mol. The summed E-state index contributed by atoms with van der Waals surface area (Å²) in [7, 11) is 0. The average Bonchev–Trinajstić information content (AvgIpc) is 3.36. The van der Waals surface area contributed by atoms with E-state index in [1.165, 1.54) is 55.4 Å². The molecule has 1 aliphatic heterocycles. The summed E-state index contributed by atoms with van der Waals surface area (Å²) < 4.78 is 0. The third-order valence-electron chi connectivity index (χ3n) is 4.68. The van der Waals surface area contributed by atoms with Crippen LogP contribution in [0.3, 0.4) is 0 Å². The minimum atomic E-state index is 0.486. The van der Waals surface area contributed by atoms with Gasteiger partial charge in [0.25, 0.3) is 0 Å². The van der Waals surface area contributed by atoms with E-state index in [0.29, 0.717) is 6.04 Å². The van der Waals surface area contributed by atoms with Crippen LogP contribution in [0.15, 0.2) is 47.1 Å². The average molecular weight is 313 g/mol. The van der Waals surface area contributed by atoms with Crippen LogP contribution in [0, 0.1) is 0 Å². The molecule has 2 heteroatoms. The molecule has 0 bridgehead atoms. The van der Waals surface area contributed by atoms with E-state index in [1.807, 2.05) is 0 Å². The smallest absolute Gasteiger partial charge is 0.0913 e. The van der Waals surface area contributed by atoms with Crippen molar-refractivity contribution in [3.05, 3.63) is 47.5 Å². The molecule has 0 amide bonds. The third kappa shape index (κ3) is 5.85. The standard InChI is InChI=1S/C21H32N2/c1-4-6-7-8-9-13-16-20(18(3)5-2)22-23-17-21(23)19-14-11-10-12-15-19/h5,10-12,14-15,21H,4,6-9,13,16-17H2,1-3H3/b18-5+,22-20-. The zero-order valence-electron chi connectivity index (χ0n) is 15.1. The summed E-state index contributed by atoms with van der Waals surface area (Å²) in [6.45, 7) is 7.63. The van der Waals surface area contributed by atoms with Crippen molar-refractivity contribution in [3.8, 4) is 0 Å². The normalized spacial score (nSPS) is 18.4. The molecule has 0 spiro atoms. The van der Waals surface area contributed by atoms with Crippen LogP contribution in [0.25, 0.3) is 0 Å². The van der Waals surface area contributed by atoms with Crippen molar-refractivity contribution in [1.29, 1.82) is 0 Å². The van der Waals surface area contributed by atoms with Gasteiger partial charge in [-0.2, -0.15) is 5.10 Å². The van der Waals surface area contributed by atoms with Crippen molar-refractivity contribution in [2.75, 3.05) is 6.54 Å². The Morgan fingerprint density at radius 3 is 2.52 bits per heavy atom. The van der Waals surface area contributed by atoms with Crippen molar-refractivity contribution < 1.29 is 0 Å². The van der Waals surface area contributed by atoms with Crippen molar-refractivity contribution >= 4 is 5.71 Å². The molecule has 2 rings (SSSR count). The molecule has 1 aliphatic rings. The molecule has 1 aromatic carbocycles. The van der Waals surface area contributed by atoms with Crippen LogP contribution in [0.5, 0.6) is 0 Å². The topological polar surface area (TPSA) is 15.4 Å². The Labute approximate surface area is 142 Å². The summed E-state index contributed by atoms with van der Waals surface area (Å²) in [5.41, 5.74) is 3.99. The first-order valence-corrected chi connectivity index (χ1v) is 9.28. The third-order valence-corrected chi connectivity index (χ3v) is 4.68. The van der Waals surface area contributed by atoms with E-state index in [9.17, 15) is 0 Å². The van der Waals surface area contributed by atoms with Gasteiger partial charge in [0.05, 0.1) is 18.3 Å². The lowest BCUT2D eigenvalue weighted by atomic mass is 10.0. The summed E-state index contributed by atoms with van der Waals surface area (Å²) in [6, 6.07) is 11.2. The quantitative estimate of drug-likeness (QED) is 0.289. The highest BCUT2D eigenvalue weighted by atomic mass is 15.6. The molecule has 1 aromatic rings. The molecule has 2 nitrogen and oxygen atoms in total. The second-order valence-electron chi connectivity index (χ2n) is 6.58. The Balaban J connectivity index is 1.84. The van der Waals surface area contributed by atoms with E-state index in [4.69, 9.17) is 5.10 Å².